The van der Waals surface area contributed by atoms with E-state index in [1.54, 1.807) is 7.11 Å². The third-order valence-electron chi connectivity index (χ3n) is 1.84. The maximum atomic E-state index is 5.64. The summed E-state index contributed by atoms with van der Waals surface area (Å²) in [5.41, 5.74) is 0. The highest BCUT2D eigenvalue weighted by Gasteiger charge is 1.98. The number of halogens is 1. The van der Waals surface area contributed by atoms with E-state index >= 15 is 0 Å². The van der Waals surface area contributed by atoms with Crippen LogP contribution in [0.1, 0.15) is 6.92 Å². The molecule has 0 aromatic heterocycles. The van der Waals surface area contributed by atoms with Crippen LogP contribution in [0.25, 0.3) is 0 Å². The standard InChI is InChI=1S/C11H23ClO4/c1-11(9-12)10-16-8-7-15-6-5-14-4-3-13-2/h11H,3-10H2,1-2H3. The second-order valence-electron chi connectivity index (χ2n) is 3.55. The molecule has 0 saturated heterocycles. The number of alkyl halides is 1. The van der Waals surface area contributed by atoms with Crippen LogP contribution in [0.5, 0.6) is 0 Å². The smallest absolute Gasteiger partial charge is 0.0701 e. The van der Waals surface area contributed by atoms with Gasteiger partial charge >= 0.3 is 0 Å². The van der Waals surface area contributed by atoms with Gasteiger partial charge in [0, 0.05) is 13.0 Å². The number of hydrogen-bond donors (Lipinski definition) is 0. The molecule has 0 N–H and O–H groups in total. The maximum absolute atomic E-state index is 5.64. The molecule has 0 radical (unpaired) electrons. The number of rotatable bonds is 12. The SMILES string of the molecule is COCCOCCOCCOCC(C)CCl. The highest BCUT2D eigenvalue weighted by molar-refractivity contribution is 6.18. The lowest BCUT2D eigenvalue weighted by atomic mass is 10.2. The van der Waals surface area contributed by atoms with Crippen molar-refractivity contribution in [1.29, 1.82) is 0 Å². The van der Waals surface area contributed by atoms with Crippen molar-refractivity contribution in [1.82, 2.24) is 0 Å². The Morgan fingerprint density at radius 3 is 1.88 bits per heavy atom. The molecule has 0 bridgehead atoms. The van der Waals surface area contributed by atoms with E-state index in [1.165, 1.54) is 0 Å². The number of hydrogen-bond acceptors (Lipinski definition) is 4. The lowest BCUT2D eigenvalue weighted by molar-refractivity contribution is 0.000349. The molecule has 0 aliphatic carbocycles. The summed E-state index contributed by atoms with van der Waals surface area (Å²) >= 11 is 5.64. The van der Waals surface area contributed by atoms with Gasteiger partial charge in [-0.3, -0.25) is 0 Å². The second kappa shape index (κ2) is 13.2. The zero-order valence-electron chi connectivity index (χ0n) is 10.2. The first-order valence-electron chi connectivity index (χ1n) is 5.59. The van der Waals surface area contributed by atoms with E-state index in [0.29, 0.717) is 58.0 Å². The molecule has 4 nitrogen and oxygen atoms in total. The summed E-state index contributed by atoms with van der Waals surface area (Å²) in [7, 11) is 1.65. The van der Waals surface area contributed by atoms with Crippen LogP contribution in [0, 0.1) is 5.92 Å². The van der Waals surface area contributed by atoms with E-state index in [0.717, 1.165) is 0 Å². The summed E-state index contributed by atoms with van der Waals surface area (Å²) in [5.74, 6) is 1.04. The molecule has 16 heavy (non-hydrogen) atoms. The lowest BCUT2D eigenvalue weighted by Gasteiger charge is -2.09. The Balaban J connectivity index is 2.93. The molecule has 0 heterocycles. The Morgan fingerprint density at radius 1 is 0.875 bits per heavy atom. The van der Waals surface area contributed by atoms with E-state index in [1.807, 2.05) is 0 Å². The zero-order valence-corrected chi connectivity index (χ0v) is 11.0. The molecule has 5 heteroatoms. The van der Waals surface area contributed by atoms with Crippen LogP contribution in [-0.4, -0.2) is 59.2 Å². The minimum Gasteiger partial charge on any atom is -0.382 e. The summed E-state index contributed by atoms with van der Waals surface area (Å²) in [4.78, 5) is 0. The molecule has 0 saturated carbocycles. The molecule has 1 unspecified atom stereocenters. The quantitative estimate of drug-likeness (QED) is 0.391. The van der Waals surface area contributed by atoms with Crippen LogP contribution in [0.3, 0.4) is 0 Å². The molecule has 98 valence electrons. The molecular weight excluding hydrogens is 232 g/mol. The van der Waals surface area contributed by atoms with Gasteiger partial charge in [-0.2, -0.15) is 0 Å². The first-order valence-corrected chi connectivity index (χ1v) is 6.12. The highest BCUT2D eigenvalue weighted by Crippen LogP contribution is 1.97. The molecule has 0 amide bonds. The summed E-state index contributed by atoms with van der Waals surface area (Å²) in [5, 5.41) is 0. The Hall–Kier alpha value is 0.130. The van der Waals surface area contributed by atoms with Gasteiger partial charge in [-0.25, -0.2) is 0 Å². The molecule has 0 aliphatic rings. The fourth-order valence-electron chi connectivity index (χ4n) is 0.911. The molecule has 0 fully saturated rings. The number of ether oxygens (including phenoxy) is 4. The summed E-state index contributed by atoms with van der Waals surface area (Å²) in [6, 6.07) is 0. The molecule has 1 atom stereocenters. The van der Waals surface area contributed by atoms with Crippen molar-refractivity contribution in [3.8, 4) is 0 Å². The predicted molar refractivity (Wildman–Crippen MR) is 64.2 cm³/mol. The molecular formula is C11H23ClO4. The van der Waals surface area contributed by atoms with Gasteiger partial charge in [0.1, 0.15) is 0 Å². The van der Waals surface area contributed by atoms with E-state index in [-0.39, 0.29) is 0 Å². The van der Waals surface area contributed by atoms with Gasteiger partial charge in [0.15, 0.2) is 0 Å². The van der Waals surface area contributed by atoms with Crippen molar-refractivity contribution in [2.75, 3.05) is 59.2 Å². The van der Waals surface area contributed by atoms with Crippen LogP contribution in [0.2, 0.25) is 0 Å². The largest absolute Gasteiger partial charge is 0.382 e. The molecule has 0 rings (SSSR count). The van der Waals surface area contributed by atoms with Gasteiger partial charge in [0.2, 0.25) is 0 Å². The predicted octanol–water partition coefficient (Wildman–Crippen LogP) is 1.56. The van der Waals surface area contributed by atoms with Crippen LogP contribution >= 0.6 is 11.6 Å². The van der Waals surface area contributed by atoms with Crippen molar-refractivity contribution in [2.45, 2.75) is 6.92 Å². The van der Waals surface area contributed by atoms with E-state index in [2.05, 4.69) is 6.92 Å². The maximum Gasteiger partial charge on any atom is 0.0701 e. The van der Waals surface area contributed by atoms with E-state index < -0.39 is 0 Å². The first-order chi connectivity index (χ1) is 7.81. The summed E-state index contributed by atoms with van der Waals surface area (Å²) in [6.45, 7) is 6.39. The molecule has 0 aliphatic heterocycles. The first kappa shape index (κ1) is 16.1. The molecule has 0 aromatic rings. The van der Waals surface area contributed by atoms with Crippen molar-refractivity contribution in [3.63, 3.8) is 0 Å². The van der Waals surface area contributed by atoms with Crippen molar-refractivity contribution in [3.05, 3.63) is 0 Å². The van der Waals surface area contributed by atoms with E-state index in [4.69, 9.17) is 30.5 Å². The van der Waals surface area contributed by atoms with Crippen LogP contribution in [0.4, 0.5) is 0 Å². The highest BCUT2D eigenvalue weighted by atomic mass is 35.5. The van der Waals surface area contributed by atoms with Crippen LogP contribution in [-0.2, 0) is 18.9 Å². The van der Waals surface area contributed by atoms with E-state index in [9.17, 15) is 0 Å². The Labute approximate surface area is 103 Å². The molecule has 0 aromatic carbocycles. The average Bonchev–Trinajstić information content (AvgIpc) is 2.31. The monoisotopic (exact) mass is 254 g/mol. The zero-order chi connectivity index (χ0) is 12.1. The minimum atomic E-state index is 0.402. The third kappa shape index (κ3) is 12.2. The number of methoxy groups -OCH3 is 1. The van der Waals surface area contributed by atoms with Gasteiger partial charge in [0.25, 0.3) is 0 Å². The van der Waals surface area contributed by atoms with Crippen LogP contribution in [0.15, 0.2) is 0 Å². The van der Waals surface area contributed by atoms with Gasteiger partial charge in [-0.05, 0) is 5.92 Å². The Bertz CT molecular complexity index is 135. The van der Waals surface area contributed by atoms with Crippen LogP contribution < -0.4 is 0 Å². The lowest BCUT2D eigenvalue weighted by Crippen LogP contribution is -2.13. The summed E-state index contributed by atoms with van der Waals surface area (Å²) in [6.07, 6.45) is 0. The fraction of sp³-hybridized carbons (Fsp3) is 1.00. The van der Waals surface area contributed by atoms with Crippen molar-refractivity contribution < 1.29 is 18.9 Å². The van der Waals surface area contributed by atoms with Gasteiger partial charge in [-0.15, -0.1) is 11.6 Å². The Morgan fingerprint density at radius 2 is 1.38 bits per heavy atom. The van der Waals surface area contributed by atoms with Gasteiger partial charge < -0.3 is 18.9 Å². The average molecular weight is 255 g/mol. The Kier molecular flexibility index (Phi) is 13.3. The van der Waals surface area contributed by atoms with Gasteiger partial charge in [0.05, 0.1) is 46.2 Å². The molecule has 0 spiro atoms. The minimum absolute atomic E-state index is 0.402. The van der Waals surface area contributed by atoms with Gasteiger partial charge in [-0.1, -0.05) is 6.92 Å². The van der Waals surface area contributed by atoms with Crippen molar-refractivity contribution in [2.24, 2.45) is 5.92 Å². The van der Waals surface area contributed by atoms with Crippen molar-refractivity contribution >= 4 is 11.6 Å². The summed E-state index contributed by atoms with van der Waals surface area (Å²) < 4.78 is 20.7. The normalized spacial score (nSPS) is 12.9. The topological polar surface area (TPSA) is 36.9 Å². The second-order valence-corrected chi connectivity index (χ2v) is 3.86. The third-order valence-corrected chi connectivity index (χ3v) is 2.37. The fourth-order valence-corrected chi connectivity index (χ4v) is 1.00.